The Hall–Kier alpha value is -1.06. The molecule has 3 atom stereocenters. The van der Waals surface area contributed by atoms with Crippen molar-refractivity contribution in [2.24, 2.45) is 22.2 Å². The van der Waals surface area contributed by atoms with Gasteiger partial charge in [-0.1, -0.05) is 20.8 Å². The summed E-state index contributed by atoms with van der Waals surface area (Å²) in [6.07, 6.45) is 1.19. The number of carboxylic acids is 2. The molecule has 0 aliphatic heterocycles. The lowest BCUT2D eigenvalue weighted by atomic mass is 9.38. The molecule has 84 valence electrons. The largest absolute Gasteiger partial charge is 0.481 e. The molecule has 3 aliphatic carbocycles. The van der Waals surface area contributed by atoms with E-state index in [0.29, 0.717) is 12.8 Å². The highest BCUT2D eigenvalue weighted by Gasteiger charge is 2.83. The summed E-state index contributed by atoms with van der Waals surface area (Å²) in [5.74, 6) is -2.64. The Morgan fingerprint density at radius 2 is 1.67 bits per heavy atom. The van der Waals surface area contributed by atoms with E-state index < -0.39 is 28.7 Å². The monoisotopic (exact) mass is 212 g/mol. The van der Waals surface area contributed by atoms with E-state index in [1.54, 1.807) is 0 Å². The van der Waals surface area contributed by atoms with Gasteiger partial charge < -0.3 is 10.2 Å². The van der Waals surface area contributed by atoms with Crippen LogP contribution < -0.4 is 0 Å². The maximum Gasteiger partial charge on any atom is 0.311 e. The maximum absolute atomic E-state index is 11.4. The van der Waals surface area contributed by atoms with Gasteiger partial charge in [0.25, 0.3) is 0 Å². The number of rotatable bonds is 2. The summed E-state index contributed by atoms with van der Waals surface area (Å²) >= 11 is 0. The van der Waals surface area contributed by atoms with Crippen LogP contribution in [0.25, 0.3) is 0 Å². The van der Waals surface area contributed by atoms with Crippen molar-refractivity contribution in [1.82, 2.24) is 0 Å². The molecule has 0 unspecified atom stereocenters. The molecule has 0 saturated heterocycles. The number of hydrogen-bond acceptors (Lipinski definition) is 2. The minimum absolute atomic E-state index is 0.364. The van der Waals surface area contributed by atoms with Gasteiger partial charge in [-0.05, 0) is 23.7 Å². The maximum atomic E-state index is 11.4. The van der Waals surface area contributed by atoms with E-state index in [9.17, 15) is 14.7 Å². The van der Waals surface area contributed by atoms with Crippen molar-refractivity contribution in [3.63, 3.8) is 0 Å². The topological polar surface area (TPSA) is 74.6 Å². The zero-order valence-electron chi connectivity index (χ0n) is 9.20. The molecular formula is C11H16O4. The van der Waals surface area contributed by atoms with Crippen LogP contribution in [0.1, 0.15) is 33.6 Å². The Morgan fingerprint density at radius 3 is 1.93 bits per heavy atom. The summed E-state index contributed by atoms with van der Waals surface area (Å²) < 4.78 is 0. The smallest absolute Gasteiger partial charge is 0.311 e. The molecule has 0 heterocycles. The van der Waals surface area contributed by atoms with Crippen molar-refractivity contribution in [3.8, 4) is 0 Å². The van der Waals surface area contributed by atoms with Gasteiger partial charge in [0.15, 0.2) is 0 Å². The predicted molar refractivity (Wildman–Crippen MR) is 52.3 cm³/mol. The van der Waals surface area contributed by atoms with E-state index >= 15 is 0 Å². The average Bonchev–Trinajstić information content (AvgIpc) is 2.51. The third-order valence-corrected chi connectivity index (χ3v) is 5.34. The van der Waals surface area contributed by atoms with E-state index in [0.717, 1.165) is 0 Å². The molecule has 0 aromatic carbocycles. The van der Waals surface area contributed by atoms with Gasteiger partial charge in [0.05, 0.1) is 11.3 Å². The first kappa shape index (κ1) is 10.5. The van der Waals surface area contributed by atoms with Gasteiger partial charge in [-0.15, -0.1) is 0 Å². The number of fused-ring (bicyclic) bond motifs is 1. The van der Waals surface area contributed by atoms with E-state index in [1.807, 2.05) is 20.8 Å². The number of aliphatic carboxylic acids is 2. The zero-order chi connectivity index (χ0) is 11.6. The van der Waals surface area contributed by atoms with Crippen molar-refractivity contribution in [2.75, 3.05) is 0 Å². The van der Waals surface area contributed by atoms with Crippen LogP contribution in [-0.4, -0.2) is 22.2 Å². The molecule has 0 aromatic heterocycles. The highest BCUT2D eigenvalue weighted by molar-refractivity contribution is 5.89. The molecule has 0 radical (unpaired) electrons. The fraction of sp³-hybridized carbons (Fsp3) is 0.818. The van der Waals surface area contributed by atoms with Crippen molar-refractivity contribution in [2.45, 2.75) is 33.6 Å². The van der Waals surface area contributed by atoms with Crippen LogP contribution in [0, 0.1) is 22.2 Å². The molecule has 4 heteroatoms. The van der Waals surface area contributed by atoms with Crippen LogP contribution in [-0.2, 0) is 9.59 Å². The fourth-order valence-corrected chi connectivity index (χ4v) is 4.05. The van der Waals surface area contributed by atoms with Crippen LogP contribution in [0.3, 0.4) is 0 Å². The van der Waals surface area contributed by atoms with Crippen LogP contribution in [0.2, 0.25) is 0 Å². The molecular weight excluding hydrogens is 196 g/mol. The first-order chi connectivity index (χ1) is 6.72. The molecule has 3 rings (SSSR count). The van der Waals surface area contributed by atoms with Crippen LogP contribution in [0.4, 0.5) is 0 Å². The summed E-state index contributed by atoms with van der Waals surface area (Å²) in [4.78, 5) is 22.6. The van der Waals surface area contributed by atoms with Crippen molar-refractivity contribution < 1.29 is 19.8 Å². The third kappa shape index (κ3) is 0.734. The van der Waals surface area contributed by atoms with E-state index in [2.05, 4.69) is 0 Å². The molecule has 3 fully saturated rings. The van der Waals surface area contributed by atoms with E-state index in [1.165, 1.54) is 0 Å². The molecule has 4 nitrogen and oxygen atoms in total. The van der Waals surface area contributed by atoms with Gasteiger partial charge in [0.1, 0.15) is 0 Å². The summed E-state index contributed by atoms with van der Waals surface area (Å²) in [6, 6.07) is 0. The quantitative estimate of drug-likeness (QED) is 0.729. The van der Waals surface area contributed by atoms with Crippen molar-refractivity contribution in [1.29, 1.82) is 0 Å². The summed E-state index contributed by atoms with van der Waals surface area (Å²) in [7, 11) is 0. The van der Waals surface area contributed by atoms with Gasteiger partial charge in [0.2, 0.25) is 0 Å². The number of carbonyl (C=O) groups is 2. The van der Waals surface area contributed by atoms with Crippen molar-refractivity contribution in [3.05, 3.63) is 0 Å². The van der Waals surface area contributed by atoms with E-state index in [-0.39, 0.29) is 5.41 Å². The lowest BCUT2D eigenvalue weighted by molar-refractivity contribution is -0.224. The second-order valence-electron chi connectivity index (χ2n) is 5.59. The van der Waals surface area contributed by atoms with Gasteiger partial charge in [0, 0.05) is 0 Å². The van der Waals surface area contributed by atoms with Crippen molar-refractivity contribution >= 4 is 11.9 Å². The average molecular weight is 212 g/mol. The zero-order valence-corrected chi connectivity index (χ0v) is 9.20. The highest BCUT2D eigenvalue weighted by atomic mass is 16.4. The lowest BCUT2D eigenvalue weighted by Crippen LogP contribution is -2.68. The SMILES string of the molecule is CC1(C)[C@]2(C)CC[C@@]1(C(=O)O)[C@@H]2C(=O)O. The number of hydrogen-bond donors (Lipinski definition) is 2. The number of carboxylic acid groups (broad SMARTS) is 2. The Kier molecular flexibility index (Phi) is 1.65. The minimum atomic E-state index is -1.05. The Balaban J connectivity index is 2.55. The van der Waals surface area contributed by atoms with Gasteiger partial charge in [-0.3, -0.25) is 9.59 Å². The van der Waals surface area contributed by atoms with Gasteiger partial charge in [-0.25, -0.2) is 0 Å². The van der Waals surface area contributed by atoms with E-state index in [4.69, 9.17) is 5.11 Å². The van der Waals surface area contributed by atoms with Gasteiger partial charge >= 0.3 is 11.9 Å². The van der Waals surface area contributed by atoms with Gasteiger partial charge in [-0.2, -0.15) is 0 Å². The molecule has 0 amide bonds. The summed E-state index contributed by atoms with van der Waals surface area (Å²) in [5, 5.41) is 18.5. The first-order valence-corrected chi connectivity index (χ1v) is 5.18. The molecule has 0 aromatic rings. The molecule has 3 aliphatic rings. The Bertz CT molecular complexity index is 357. The molecule has 2 bridgehead atoms. The second-order valence-corrected chi connectivity index (χ2v) is 5.59. The Morgan fingerprint density at radius 1 is 1.13 bits per heavy atom. The normalized spacial score (nSPS) is 45.9. The van der Waals surface area contributed by atoms with Crippen LogP contribution in [0.15, 0.2) is 0 Å². The highest BCUT2D eigenvalue weighted by Crippen LogP contribution is 2.80. The fourth-order valence-electron chi connectivity index (χ4n) is 4.05. The molecule has 0 spiro atoms. The molecule has 3 saturated carbocycles. The minimum Gasteiger partial charge on any atom is -0.481 e. The second kappa shape index (κ2) is 2.36. The predicted octanol–water partition coefficient (Wildman–Crippen LogP) is 1.60. The lowest BCUT2D eigenvalue weighted by Gasteiger charge is -2.63. The molecule has 15 heavy (non-hydrogen) atoms. The standard InChI is InChI=1S/C11H16O4/c1-9(2)10(3)4-5-11(9,8(14)15)6(10)7(12)13/h6H,4-5H2,1-3H3,(H,12,13)(H,14,15)/t6-,10-,11+/m1/s1. The molecule has 2 N–H and O–H groups in total. The Labute approximate surface area is 88.3 Å². The van der Waals surface area contributed by atoms with Crippen LogP contribution in [0.5, 0.6) is 0 Å². The first-order valence-electron chi connectivity index (χ1n) is 5.18. The van der Waals surface area contributed by atoms with Crippen LogP contribution >= 0.6 is 0 Å². The third-order valence-electron chi connectivity index (χ3n) is 5.34. The summed E-state index contributed by atoms with van der Waals surface area (Å²) in [5.41, 5.74) is -1.83. The summed E-state index contributed by atoms with van der Waals surface area (Å²) in [6.45, 7) is 5.67.